The zero-order chi connectivity index (χ0) is 22.4. The summed E-state index contributed by atoms with van der Waals surface area (Å²) in [6, 6.07) is 6.81. The molecule has 0 bridgehead atoms. The van der Waals surface area contributed by atoms with E-state index in [2.05, 4.69) is 0 Å². The van der Waals surface area contributed by atoms with Crippen molar-refractivity contribution in [2.45, 2.75) is 36.4 Å². The number of phenolic OH excluding ortho intramolecular Hbond substituents is 3. The van der Waals surface area contributed by atoms with Crippen molar-refractivity contribution in [2.24, 2.45) is 0 Å². The number of hydrogen-bond acceptors (Lipinski definition) is 10. The molecule has 4 rings (SSSR count). The molecule has 2 aromatic carbocycles. The number of aromatic hydroxyl groups is 3. The number of Topliss-reactive ketones (excluding diaryl/α,β-unsaturated/α-hetero) is 1. The zero-order valence-corrected chi connectivity index (χ0v) is 16.1. The van der Waals surface area contributed by atoms with Gasteiger partial charge in [0.15, 0.2) is 5.78 Å². The van der Waals surface area contributed by atoms with E-state index in [0.717, 1.165) is 6.07 Å². The quantitative estimate of drug-likeness (QED) is 0.339. The molecule has 0 spiro atoms. The summed E-state index contributed by atoms with van der Waals surface area (Å²) in [5.41, 5.74) is 0.103. The standard InChI is InChI=1S/C21H22O10/c22-6-13-17(27)18(28)19(29)21(31-13)15-12(25)5-11(24)14-16(26)10(7-30-20(14)15)8-1-3-9(23)4-2-8/h1-5,10,13,17-19,21-25,27-29H,6-7H2/t10?,13-,17-,18+,19-,21+/m1/s1. The molecule has 0 saturated carbocycles. The summed E-state index contributed by atoms with van der Waals surface area (Å²) in [6.45, 7) is -0.838. The van der Waals surface area contributed by atoms with Crippen molar-refractivity contribution in [2.75, 3.05) is 13.2 Å². The van der Waals surface area contributed by atoms with Gasteiger partial charge in [-0.15, -0.1) is 0 Å². The second-order valence-corrected chi connectivity index (χ2v) is 7.60. The first kappa shape index (κ1) is 21.3. The number of carbonyl (C=O) groups excluding carboxylic acids is 1. The minimum Gasteiger partial charge on any atom is -0.508 e. The zero-order valence-electron chi connectivity index (χ0n) is 16.1. The number of rotatable bonds is 3. The van der Waals surface area contributed by atoms with Crippen LogP contribution in [-0.4, -0.2) is 79.2 Å². The summed E-state index contributed by atoms with van der Waals surface area (Å²) < 4.78 is 11.2. The minimum atomic E-state index is -1.72. The lowest BCUT2D eigenvalue weighted by atomic mass is 9.84. The molecular formula is C21H22O10. The van der Waals surface area contributed by atoms with Gasteiger partial charge in [-0.25, -0.2) is 0 Å². The van der Waals surface area contributed by atoms with Crippen molar-refractivity contribution < 1.29 is 50.0 Å². The van der Waals surface area contributed by atoms with Crippen molar-refractivity contribution in [3.63, 3.8) is 0 Å². The molecule has 2 aliphatic heterocycles. The molecule has 0 aliphatic carbocycles. The van der Waals surface area contributed by atoms with Gasteiger partial charge < -0.3 is 45.2 Å². The first-order valence-corrected chi connectivity index (χ1v) is 9.59. The second kappa shape index (κ2) is 7.98. The van der Waals surface area contributed by atoms with Gasteiger partial charge in [0.25, 0.3) is 0 Å². The van der Waals surface area contributed by atoms with Crippen LogP contribution in [-0.2, 0) is 4.74 Å². The van der Waals surface area contributed by atoms with Crippen LogP contribution in [0.15, 0.2) is 30.3 Å². The molecule has 2 aromatic rings. The molecule has 2 aliphatic rings. The van der Waals surface area contributed by atoms with Crippen LogP contribution < -0.4 is 4.74 Å². The summed E-state index contributed by atoms with van der Waals surface area (Å²) in [5, 5.41) is 70.2. The van der Waals surface area contributed by atoms with E-state index in [1.165, 1.54) is 12.1 Å². The summed E-state index contributed by atoms with van der Waals surface area (Å²) in [4.78, 5) is 13.2. The Bertz CT molecular complexity index is 987. The summed E-state index contributed by atoms with van der Waals surface area (Å²) >= 11 is 0. The van der Waals surface area contributed by atoms with Crippen LogP contribution >= 0.6 is 0 Å². The molecule has 0 amide bonds. The number of hydrogen-bond donors (Lipinski definition) is 7. The summed E-state index contributed by atoms with van der Waals surface area (Å²) in [5.74, 6) is -2.62. The average Bonchev–Trinajstić information content (AvgIpc) is 2.74. The maximum atomic E-state index is 13.2. The van der Waals surface area contributed by atoms with Gasteiger partial charge in [-0.3, -0.25) is 4.79 Å². The Labute approximate surface area is 176 Å². The minimum absolute atomic E-state index is 0.0194. The number of aliphatic hydroxyl groups excluding tert-OH is 4. The first-order chi connectivity index (χ1) is 14.7. The fourth-order valence-corrected chi connectivity index (χ4v) is 4.02. The number of carbonyl (C=O) groups is 1. The third-order valence-electron chi connectivity index (χ3n) is 5.71. The van der Waals surface area contributed by atoms with Gasteiger partial charge in [-0.1, -0.05) is 12.1 Å². The van der Waals surface area contributed by atoms with Crippen LogP contribution in [0.25, 0.3) is 0 Å². The number of fused-ring (bicyclic) bond motifs is 1. The van der Waals surface area contributed by atoms with Crippen LogP contribution in [0.4, 0.5) is 0 Å². The van der Waals surface area contributed by atoms with Gasteiger partial charge in [0, 0.05) is 6.07 Å². The topological polar surface area (TPSA) is 177 Å². The Morgan fingerprint density at radius 3 is 2.26 bits per heavy atom. The predicted octanol–water partition coefficient (Wildman–Crippen LogP) is -0.323. The number of ketones is 1. The second-order valence-electron chi connectivity index (χ2n) is 7.60. The fourth-order valence-electron chi connectivity index (χ4n) is 4.02. The third-order valence-corrected chi connectivity index (χ3v) is 5.71. The Kier molecular flexibility index (Phi) is 5.50. The van der Waals surface area contributed by atoms with Crippen molar-refractivity contribution in [3.8, 4) is 23.0 Å². The Morgan fingerprint density at radius 1 is 0.935 bits per heavy atom. The SMILES string of the molecule is O=C1c2c(O)cc(O)c([C@@H]3O[C@H](CO)[C@@H](O)[C@H](O)[C@H]3O)c2OCC1c1ccc(O)cc1. The number of ether oxygens (including phenoxy) is 2. The molecule has 166 valence electrons. The van der Waals surface area contributed by atoms with E-state index in [0.29, 0.717) is 5.56 Å². The van der Waals surface area contributed by atoms with Gasteiger partial charge in [0.1, 0.15) is 65.7 Å². The first-order valence-electron chi connectivity index (χ1n) is 9.59. The van der Waals surface area contributed by atoms with Gasteiger partial charge >= 0.3 is 0 Å². The molecule has 6 atom stereocenters. The van der Waals surface area contributed by atoms with Crippen LogP contribution in [0.3, 0.4) is 0 Å². The highest BCUT2D eigenvalue weighted by Crippen LogP contribution is 2.49. The van der Waals surface area contributed by atoms with Crippen molar-refractivity contribution >= 4 is 5.78 Å². The highest BCUT2D eigenvalue weighted by atomic mass is 16.5. The fraction of sp³-hybridized carbons (Fsp3) is 0.381. The third kappa shape index (κ3) is 3.48. The predicted molar refractivity (Wildman–Crippen MR) is 103 cm³/mol. The summed E-state index contributed by atoms with van der Waals surface area (Å²) in [6.07, 6.45) is -7.72. The van der Waals surface area contributed by atoms with E-state index >= 15 is 0 Å². The van der Waals surface area contributed by atoms with Crippen molar-refractivity contribution in [1.82, 2.24) is 0 Å². The van der Waals surface area contributed by atoms with E-state index < -0.39 is 60.3 Å². The maximum absolute atomic E-state index is 13.2. The normalized spacial score (nSPS) is 30.5. The molecule has 2 heterocycles. The molecular weight excluding hydrogens is 412 g/mol. The maximum Gasteiger partial charge on any atom is 0.181 e. The molecule has 31 heavy (non-hydrogen) atoms. The molecule has 7 N–H and O–H groups in total. The monoisotopic (exact) mass is 434 g/mol. The Morgan fingerprint density at radius 2 is 1.61 bits per heavy atom. The van der Waals surface area contributed by atoms with Gasteiger partial charge in [0.2, 0.25) is 0 Å². The van der Waals surface area contributed by atoms with Crippen LogP contribution in [0, 0.1) is 0 Å². The highest BCUT2D eigenvalue weighted by Gasteiger charge is 2.47. The van der Waals surface area contributed by atoms with E-state index in [4.69, 9.17) is 9.47 Å². The van der Waals surface area contributed by atoms with Gasteiger partial charge in [-0.05, 0) is 17.7 Å². The van der Waals surface area contributed by atoms with Crippen LogP contribution in [0.2, 0.25) is 0 Å². The molecule has 1 saturated heterocycles. The highest BCUT2D eigenvalue weighted by molar-refractivity contribution is 6.07. The molecule has 10 nitrogen and oxygen atoms in total. The smallest absolute Gasteiger partial charge is 0.181 e. The van der Waals surface area contributed by atoms with E-state index in [1.807, 2.05) is 0 Å². The number of phenols is 3. The van der Waals surface area contributed by atoms with Crippen LogP contribution in [0.5, 0.6) is 23.0 Å². The van der Waals surface area contributed by atoms with Crippen molar-refractivity contribution in [3.05, 3.63) is 47.0 Å². The molecule has 1 fully saturated rings. The molecule has 0 aromatic heterocycles. The van der Waals surface area contributed by atoms with E-state index in [9.17, 15) is 40.5 Å². The van der Waals surface area contributed by atoms with Gasteiger partial charge in [-0.2, -0.15) is 0 Å². The van der Waals surface area contributed by atoms with Crippen molar-refractivity contribution in [1.29, 1.82) is 0 Å². The number of aliphatic hydroxyl groups is 4. The molecule has 0 radical (unpaired) electrons. The summed E-state index contributed by atoms with van der Waals surface area (Å²) in [7, 11) is 0. The van der Waals surface area contributed by atoms with Gasteiger partial charge in [0.05, 0.1) is 18.1 Å². The Balaban J connectivity index is 1.78. The van der Waals surface area contributed by atoms with E-state index in [-0.39, 0.29) is 29.2 Å². The lowest BCUT2D eigenvalue weighted by Crippen LogP contribution is -2.55. The lowest BCUT2D eigenvalue weighted by Gasteiger charge is -2.41. The number of benzene rings is 2. The molecule has 10 heteroatoms. The van der Waals surface area contributed by atoms with E-state index in [1.54, 1.807) is 12.1 Å². The molecule has 1 unspecified atom stereocenters. The van der Waals surface area contributed by atoms with Crippen LogP contribution in [0.1, 0.15) is 33.5 Å². The largest absolute Gasteiger partial charge is 0.508 e. The lowest BCUT2D eigenvalue weighted by molar-refractivity contribution is -0.232. The average molecular weight is 434 g/mol. The Hall–Kier alpha value is -2.89.